The van der Waals surface area contributed by atoms with Crippen LogP contribution in [0.15, 0.2) is 51.1 Å². The van der Waals surface area contributed by atoms with Crippen LogP contribution in [0.25, 0.3) is 11.4 Å². The molecular formula is C16H17N5O2S2. The van der Waals surface area contributed by atoms with Crippen LogP contribution in [0.3, 0.4) is 0 Å². The maximum atomic E-state index is 12.1. The topological polar surface area (TPSA) is 99.0 Å². The van der Waals surface area contributed by atoms with E-state index in [9.17, 15) is 4.79 Å². The fourth-order valence-electron chi connectivity index (χ4n) is 2.20. The van der Waals surface area contributed by atoms with Crippen molar-refractivity contribution in [1.82, 2.24) is 14.9 Å². The molecular weight excluding hydrogens is 358 g/mol. The van der Waals surface area contributed by atoms with E-state index in [1.54, 1.807) is 24.1 Å². The molecule has 0 unspecified atom stereocenters. The number of nitrogens with zero attached hydrogens (tertiary/aromatic N) is 3. The van der Waals surface area contributed by atoms with E-state index >= 15 is 0 Å². The maximum absolute atomic E-state index is 12.1. The Balaban J connectivity index is 1.63. The van der Waals surface area contributed by atoms with Gasteiger partial charge in [0, 0.05) is 10.6 Å². The van der Waals surface area contributed by atoms with Gasteiger partial charge in [-0.05, 0) is 37.4 Å². The number of carbonyl (C=O) groups is 1. The zero-order valence-electron chi connectivity index (χ0n) is 13.7. The minimum absolute atomic E-state index is 0.132. The average Bonchev–Trinajstić information content (AvgIpc) is 3.18. The van der Waals surface area contributed by atoms with Gasteiger partial charge in [0.25, 0.3) is 0 Å². The highest BCUT2D eigenvalue weighted by atomic mass is 32.2. The molecule has 0 atom stereocenters. The maximum Gasteiger partial charge on any atom is 0.234 e. The molecule has 2 heterocycles. The lowest BCUT2D eigenvalue weighted by Crippen LogP contribution is -2.16. The Hall–Kier alpha value is -2.39. The van der Waals surface area contributed by atoms with Crippen LogP contribution in [0.5, 0.6) is 0 Å². The Morgan fingerprint density at radius 1 is 1.36 bits per heavy atom. The number of anilines is 1. The molecule has 0 saturated carbocycles. The van der Waals surface area contributed by atoms with E-state index in [0.29, 0.717) is 16.7 Å². The summed E-state index contributed by atoms with van der Waals surface area (Å²) in [5.41, 5.74) is 1.54. The standard InChI is InChI=1S/C16H17N5O2S2/c1-10-13(6-7-23-10)15-19-20-16(21(15)17)25-9-14(22)18-11-4-3-5-12(8-11)24-2/h3-8H,9,17H2,1-2H3,(H,18,22). The molecule has 1 aromatic carbocycles. The van der Waals surface area contributed by atoms with Crippen LogP contribution in [-0.2, 0) is 4.79 Å². The molecule has 130 valence electrons. The van der Waals surface area contributed by atoms with Crippen molar-refractivity contribution in [3.63, 3.8) is 0 Å². The van der Waals surface area contributed by atoms with Gasteiger partial charge in [0.2, 0.25) is 11.1 Å². The molecule has 0 aliphatic rings. The average molecular weight is 375 g/mol. The third-order valence-electron chi connectivity index (χ3n) is 3.45. The predicted molar refractivity (Wildman–Crippen MR) is 100 cm³/mol. The largest absolute Gasteiger partial charge is 0.469 e. The monoisotopic (exact) mass is 375 g/mol. The number of carbonyl (C=O) groups excluding carboxylic acids is 1. The Kier molecular flexibility index (Phi) is 5.34. The van der Waals surface area contributed by atoms with Gasteiger partial charge in [-0.1, -0.05) is 17.8 Å². The molecule has 2 aromatic heterocycles. The Morgan fingerprint density at radius 3 is 2.92 bits per heavy atom. The number of benzene rings is 1. The lowest BCUT2D eigenvalue weighted by molar-refractivity contribution is -0.113. The summed E-state index contributed by atoms with van der Waals surface area (Å²) >= 11 is 2.85. The molecule has 3 N–H and O–H groups in total. The first-order valence-electron chi connectivity index (χ1n) is 7.40. The van der Waals surface area contributed by atoms with Crippen molar-refractivity contribution in [3.8, 4) is 11.4 Å². The number of nitrogen functional groups attached to an aromatic ring is 1. The SMILES string of the molecule is CSc1cccc(NC(=O)CSc2nnc(-c3ccoc3C)n2N)c1. The van der Waals surface area contributed by atoms with Crippen molar-refractivity contribution in [3.05, 3.63) is 42.4 Å². The number of amides is 1. The van der Waals surface area contributed by atoms with Crippen LogP contribution in [-0.4, -0.2) is 32.8 Å². The summed E-state index contributed by atoms with van der Waals surface area (Å²) in [4.78, 5) is 13.2. The minimum Gasteiger partial charge on any atom is -0.469 e. The Bertz CT molecular complexity index is 890. The highest BCUT2D eigenvalue weighted by Crippen LogP contribution is 2.25. The molecule has 25 heavy (non-hydrogen) atoms. The molecule has 1 amide bonds. The second kappa shape index (κ2) is 7.66. The van der Waals surface area contributed by atoms with Crippen LogP contribution in [0.1, 0.15) is 5.76 Å². The number of rotatable bonds is 6. The van der Waals surface area contributed by atoms with Gasteiger partial charge >= 0.3 is 0 Å². The molecule has 0 aliphatic carbocycles. The van der Waals surface area contributed by atoms with E-state index in [1.165, 1.54) is 16.4 Å². The summed E-state index contributed by atoms with van der Waals surface area (Å²) in [6.07, 6.45) is 3.56. The van der Waals surface area contributed by atoms with Crippen LogP contribution in [0.4, 0.5) is 5.69 Å². The van der Waals surface area contributed by atoms with Crippen molar-refractivity contribution in [1.29, 1.82) is 0 Å². The van der Waals surface area contributed by atoms with Crippen molar-refractivity contribution >= 4 is 35.1 Å². The molecule has 3 aromatic rings. The van der Waals surface area contributed by atoms with Crippen molar-refractivity contribution in [2.75, 3.05) is 23.2 Å². The zero-order valence-corrected chi connectivity index (χ0v) is 15.4. The first-order valence-corrected chi connectivity index (χ1v) is 9.61. The Morgan fingerprint density at radius 2 is 2.20 bits per heavy atom. The third-order valence-corrected chi connectivity index (χ3v) is 5.12. The smallest absolute Gasteiger partial charge is 0.234 e. The first-order chi connectivity index (χ1) is 12.1. The molecule has 3 rings (SSSR count). The van der Waals surface area contributed by atoms with Crippen molar-refractivity contribution < 1.29 is 9.21 Å². The molecule has 0 radical (unpaired) electrons. The van der Waals surface area contributed by atoms with Crippen molar-refractivity contribution in [2.45, 2.75) is 17.0 Å². The molecule has 0 fully saturated rings. The number of nitrogens with one attached hydrogen (secondary N) is 1. The van der Waals surface area contributed by atoms with Crippen LogP contribution in [0, 0.1) is 6.92 Å². The van der Waals surface area contributed by atoms with Crippen molar-refractivity contribution in [2.24, 2.45) is 0 Å². The number of nitrogens with two attached hydrogens (primary N) is 1. The molecule has 0 aliphatic heterocycles. The number of hydrogen-bond acceptors (Lipinski definition) is 7. The summed E-state index contributed by atoms with van der Waals surface area (Å²) < 4.78 is 6.62. The molecule has 0 saturated heterocycles. The molecule has 7 nitrogen and oxygen atoms in total. The Labute approximate surface area is 153 Å². The molecule has 0 bridgehead atoms. The van der Waals surface area contributed by atoms with Gasteiger partial charge in [-0.15, -0.1) is 22.0 Å². The van der Waals surface area contributed by atoms with E-state index in [0.717, 1.165) is 16.1 Å². The number of furan rings is 1. The van der Waals surface area contributed by atoms with Crippen LogP contribution >= 0.6 is 23.5 Å². The highest BCUT2D eigenvalue weighted by molar-refractivity contribution is 7.99. The number of aryl methyl sites for hydroxylation is 1. The fraction of sp³-hybridized carbons (Fsp3) is 0.188. The second-order valence-corrected chi connectivity index (χ2v) is 6.96. The van der Waals surface area contributed by atoms with E-state index in [4.69, 9.17) is 10.3 Å². The lowest BCUT2D eigenvalue weighted by Gasteiger charge is -2.06. The molecule has 0 spiro atoms. The summed E-state index contributed by atoms with van der Waals surface area (Å²) in [7, 11) is 0. The van der Waals surface area contributed by atoms with E-state index < -0.39 is 0 Å². The summed E-state index contributed by atoms with van der Waals surface area (Å²) in [6.45, 7) is 1.83. The van der Waals surface area contributed by atoms with E-state index in [2.05, 4.69) is 15.5 Å². The van der Waals surface area contributed by atoms with E-state index in [-0.39, 0.29) is 11.7 Å². The summed E-state index contributed by atoms with van der Waals surface area (Å²) in [5.74, 6) is 7.30. The fourth-order valence-corrected chi connectivity index (χ4v) is 3.32. The quantitative estimate of drug-likeness (QED) is 0.505. The summed E-state index contributed by atoms with van der Waals surface area (Å²) in [5, 5.41) is 11.4. The highest BCUT2D eigenvalue weighted by Gasteiger charge is 2.16. The normalized spacial score (nSPS) is 10.8. The molecule has 9 heteroatoms. The summed E-state index contributed by atoms with van der Waals surface area (Å²) in [6, 6.07) is 9.46. The predicted octanol–water partition coefficient (Wildman–Crippen LogP) is 3.01. The van der Waals surface area contributed by atoms with Gasteiger partial charge in [0.1, 0.15) is 5.76 Å². The first kappa shape index (κ1) is 17.4. The van der Waals surface area contributed by atoms with Gasteiger partial charge in [-0.2, -0.15) is 0 Å². The number of thioether (sulfide) groups is 2. The van der Waals surface area contributed by atoms with Gasteiger partial charge < -0.3 is 15.6 Å². The zero-order chi connectivity index (χ0) is 17.8. The minimum atomic E-state index is -0.132. The van der Waals surface area contributed by atoms with Gasteiger partial charge in [0.15, 0.2) is 5.82 Å². The number of hydrogen-bond donors (Lipinski definition) is 2. The second-order valence-electron chi connectivity index (χ2n) is 5.14. The van der Waals surface area contributed by atoms with Crippen LogP contribution < -0.4 is 11.2 Å². The van der Waals surface area contributed by atoms with Crippen LogP contribution in [0.2, 0.25) is 0 Å². The van der Waals surface area contributed by atoms with Gasteiger partial charge in [0.05, 0.1) is 17.6 Å². The van der Waals surface area contributed by atoms with E-state index in [1.807, 2.05) is 37.4 Å². The number of aromatic nitrogens is 3. The van der Waals surface area contributed by atoms with Gasteiger partial charge in [-0.25, -0.2) is 4.68 Å². The van der Waals surface area contributed by atoms with Gasteiger partial charge in [-0.3, -0.25) is 4.79 Å². The lowest BCUT2D eigenvalue weighted by atomic mass is 10.2. The third kappa shape index (κ3) is 3.99.